The van der Waals surface area contributed by atoms with E-state index in [0.29, 0.717) is 11.1 Å². The van der Waals surface area contributed by atoms with Gasteiger partial charge in [-0.05, 0) is 25.5 Å². The van der Waals surface area contributed by atoms with E-state index in [1.54, 1.807) is 67.6 Å². The van der Waals surface area contributed by atoms with Gasteiger partial charge in [0.05, 0.1) is 23.7 Å². The summed E-state index contributed by atoms with van der Waals surface area (Å²) in [6.07, 6.45) is 0. The Morgan fingerprint density at radius 3 is 2.31 bits per heavy atom. The quantitative estimate of drug-likeness (QED) is 0.470. The molecule has 35 heavy (non-hydrogen) atoms. The number of carbonyl (C=O) groups excluding carboxylic acids is 2. The molecule has 7 nitrogen and oxygen atoms in total. The fraction of sp³-hybridized carbons (Fsp3) is 0.185. The highest BCUT2D eigenvalue weighted by atomic mass is 32.2. The van der Waals surface area contributed by atoms with E-state index >= 15 is 0 Å². The van der Waals surface area contributed by atoms with Gasteiger partial charge in [0, 0.05) is 23.2 Å². The zero-order valence-corrected chi connectivity index (χ0v) is 20.3. The largest absolute Gasteiger partial charge is 0.395 e. The second kappa shape index (κ2) is 9.85. The number of aliphatic hydroxyl groups is 1. The summed E-state index contributed by atoms with van der Waals surface area (Å²) in [4.78, 5) is 27.1. The minimum Gasteiger partial charge on any atom is -0.395 e. The molecule has 1 heterocycles. The minimum absolute atomic E-state index is 0.0153. The SMILES string of the molecule is Cc1ccc(C(=O)CN2C(C(=O)c3ccccc3)=C(NCCO)c3ccccc3S2(=O)=O)c(C)c1. The van der Waals surface area contributed by atoms with Crippen molar-refractivity contribution in [1.29, 1.82) is 0 Å². The van der Waals surface area contributed by atoms with Crippen LogP contribution in [-0.4, -0.2) is 49.1 Å². The van der Waals surface area contributed by atoms with E-state index in [2.05, 4.69) is 5.32 Å². The van der Waals surface area contributed by atoms with E-state index in [0.717, 1.165) is 15.4 Å². The number of Topliss-reactive ketones (excluding diaryl/α,β-unsaturated/α-hetero) is 2. The lowest BCUT2D eigenvalue weighted by molar-refractivity contribution is 0.0957. The highest BCUT2D eigenvalue weighted by Gasteiger charge is 2.41. The Balaban J connectivity index is 1.92. The summed E-state index contributed by atoms with van der Waals surface area (Å²) in [6.45, 7) is 3.02. The lowest BCUT2D eigenvalue weighted by Crippen LogP contribution is -2.43. The third-order valence-corrected chi connectivity index (χ3v) is 7.65. The minimum atomic E-state index is -4.24. The van der Waals surface area contributed by atoms with Gasteiger partial charge in [0.2, 0.25) is 5.78 Å². The van der Waals surface area contributed by atoms with Gasteiger partial charge in [-0.1, -0.05) is 72.3 Å². The molecule has 3 aromatic rings. The van der Waals surface area contributed by atoms with Gasteiger partial charge >= 0.3 is 0 Å². The van der Waals surface area contributed by atoms with Crippen LogP contribution in [0.4, 0.5) is 0 Å². The smallest absolute Gasteiger partial charge is 0.265 e. The van der Waals surface area contributed by atoms with Crippen LogP contribution in [-0.2, 0) is 10.0 Å². The molecule has 0 saturated heterocycles. The van der Waals surface area contributed by atoms with Crippen molar-refractivity contribution >= 4 is 27.3 Å². The number of rotatable bonds is 8. The van der Waals surface area contributed by atoms with Crippen LogP contribution in [0.1, 0.15) is 37.4 Å². The number of benzene rings is 3. The van der Waals surface area contributed by atoms with E-state index in [1.165, 1.54) is 6.07 Å². The molecule has 0 radical (unpaired) electrons. The number of hydrogen-bond donors (Lipinski definition) is 2. The highest BCUT2D eigenvalue weighted by Crippen LogP contribution is 2.37. The molecule has 2 N–H and O–H groups in total. The van der Waals surface area contributed by atoms with Crippen molar-refractivity contribution in [2.75, 3.05) is 19.7 Å². The fourth-order valence-electron chi connectivity index (χ4n) is 4.21. The number of aryl methyl sites for hydroxylation is 2. The molecule has 0 unspecified atom stereocenters. The molecule has 1 aliphatic heterocycles. The van der Waals surface area contributed by atoms with E-state index in [4.69, 9.17) is 0 Å². The molecule has 0 aromatic heterocycles. The topological polar surface area (TPSA) is 104 Å². The normalized spacial score (nSPS) is 14.4. The van der Waals surface area contributed by atoms with Gasteiger partial charge in [0.15, 0.2) is 5.78 Å². The van der Waals surface area contributed by atoms with Crippen LogP contribution in [0.2, 0.25) is 0 Å². The molecule has 0 atom stereocenters. The Morgan fingerprint density at radius 2 is 1.63 bits per heavy atom. The van der Waals surface area contributed by atoms with Crippen LogP contribution in [0.3, 0.4) is 0 Å². The van der Waals surface area contributed by atoms with Gasteiger partial charge in [-0.15, -0.1) is 0 Å². The maximum atomic E-state index is 13.8. The number of carbonyl (C=O) groups is 2. The average Bonchev–Trinajstić information content (AvgIpc) is 2.85. The maximum Gasteiger partial charge on any atom is 0.265 e. The lowest BCUT2D eigenvalue weighted by Gasteiger charge is -2.33. The molecule has 4 rings (SSSR count). The Morgan fingerprint density at radius 1 is 0.943 bits per heavy atom. The average molecular weight is 491 g/mol. The van der Waals surface area contributed by atoms with E-state index in [-0.39, 0.29) is 35.0 Å². The van der Waals surface area contributed by atoms with E-state index < -0.39 is 28.1 Å². The predicted molar refractivity (Wildman–Crippen MR) is 133 cm³/mol. The molecule has 3 aromatic carbocycles. The summed E-state index contributed by atoms with van der Waals surface area (Å²) < 4.78 is 28.5. The molecule has 0 amide bonds. The van der Waals surface area contributed by atoms with Crippen molar-refractivity contribution in [3.05, 3.63) is 106 Å². The molecule has 0 saturated carbocycles. The standard InChI is InChI=1S/C27H26N2O5S/c1-18-12-13-21(19(2)16-18)23(31)17-29-26(27(32)20-8-4-3-5-9-20)25(28-14-15-30)22-10-6-7-11-24(22)35(29,33)34/h3-13,16,28,30H,14-15,17H2,1-2H3. The van der Waals surface area contributed by atoms with Gasteiger partial charge in [-0.2, -0.15) is 0 Å². The van der Waals surface area contributed by atoms with Crippen LogP contribution in [0.25, 0.3) is 5.70 Å². The Hall–Kier alpha value is -3.75. The molecule has 1 aliphatic rings. The van der Waals surface area contributed by atoms with Crippen LogP contribution >= 0.6 is 0 Å². The Labute approximate surface area is 204 Å². The third kappa shape index (κ3) is 4.62. The van der Waals surface area contributed by atoms with Crippen LogP contribution in [0, 0.1) is 13.8 Å². The molecule has 0 spiro atoms. The van der Waals surface area contributed by atoms with Crippen molar-refractivity contribution < 1.29 is 23.1 Å². The fourth-order valence-corrected chi connectivity index (χ4v) is 5.85. The second-order valence-electron chi connectivity index (χ2n) is 8.32. The Kier molecular flexibility index (Phi) is 6.86. The van der Waals surface area contributed by atoms with Crippen molar-refractivity contribution in [3.8, 4) is 0 Å². The number of allylic oxidation sites excluding steroid dienone is 1. The predicted octanol–water partition coefficient (Wildman–Crippen LogP) is 3.32. The summed E-state index contributed by atoms with van der Waals surface area (Å²) in [5.74, 6) is -0.970. The van der Waals surface area contributed by atoms with Crippen LogP contribution in [0.5, 0.6) is 0 Å². The van der Waals surface area contributed by atoms with E-state index in [9.17, 15) is 23.1 Å². The first-order valence-electron chi connectivity index (χ1n) is 11.2. The van der Waals surface area contributed by atoms with Gasteiger partial charge < -0.3 is 10.4 Å². The van der Waals surface area contributed by atoms with Crippen molar-refractivity contribution in [2.24, 2.45) is 0 Å². The first-order chi connectivity index (χ1) is 16.8. The summed E-state index contributed by atoms with van der Waals surface area (Å²) in [6, 6.07) is 20.0. The number of fused-ring (bicyclic) bond motifs is 1. The molecule has 0 fully saturated rings. The van der Waals surface area contributed by atoms with E-state index in [1.807, 2.05) is 13.0 Å². The molecular formula is C27H26N2O5S. The first kappa shape index (κ1) is 24.4. The maximum absolute atomic E-state index is 13.8. The van der Waals surface area contributed by atoms with Crippen LogP contribution in [0.15, 0.2) is 83.4 Å². The summed E-state index contributed by atoms with van der Waals surface area (Å²) in [7, 11) is -4.24. The molecular weight excluding hydrogens is 464 g/mol. The molecule has 180 valence electrons. The monoisotopic (exact) mass is 490 g/mol. The Bertz CT molecular complexity index is 1430. The first-order valence-corrected chi connectivity index (χ1v) is 12.6. The zero-order valence-electron chi connectivity index (χ0n) is 19.5. The summed E-state index contributed by atoms with van der Waals surface area (Å²) >= 11 is 0. The number of nitrogens with one attached hydrogen (secondary N) is 1. The number of ketones is 2. The number of nitrogens with zero attached hydrogens (tertiary/aromatic N) is 1. The van der Waals surface area contributed by atoms with Gasteiger partial charge in [0.25, 0.3) is 10.0 Å². The van der Waals surface area contributed by atoms with Crippen molar-refractivity contribution in [3.63, 3.8) is 0 Å². The summed E-state index contributed by atoms with van der Waals surface area (Å²) in [5.41, 5.74) is 2.80. The van der Waals surface area contributed by atoms with Gasteiger partial charge in [0.1, 0.15) is 5.70 Å². The third-order valence-electron chi connectivity index (χ3n) is 5.84. The molecule has 8 heteroatoms. The number of aliphatic hydroxyl groups excluding tert-OH is 1. The number of hydrogen-bond acceptors (Lipinski definition) is 6. The van der Waals surface area contributed by atoms with Gasteiger partial charge in [-0.3, -0.25) is 13.9 Å². The van der Waals surface area contributed by atoms with Gasteiger partial charge in [-0.25, -0.2) is 8.42 Å². The zero-order chi connectivity index (χ0) is 25.2. The van der Waals surface area contributed by atoms with Crippen molar-refractivity contribution in [1.82, 2.24) is 9.62 Å². The molecule has 0 bridgehead atoms. The molecule has 0 aliphatic carbocycles. The summed E-state index contributed by atoms with van der Waals surface area (Å²) in [5, 5.41) is 12.5. The number of sulfonamides is 1. The highest BCUT2D eigenvalue weighted by molar-refractivity contribution is 7.89. The van der Waals surface area contributed by atoms with Crippen LogP contribution < -0.4 is 5.32 Å². The lowest BCUT2D eigenvalue weighted by atomic mass is 10.0. The van der Waals surface area contributed by atoms with Crippen molar-refractivity contribution in [2.45, 2.75) is 18.7 Å². The second-order valence-corrected chi connectivity index (χ2v) is 10.1.